The molecule has 1 saturated heterocycles. The number of rotatable bonds is 8. The first kappa shape index (κ1) is 21.6. The van der Waals surface area contributed by atoms with Gasteiger partial charge in [-0.15, -0.1) is 0 Å². The van der Waals surface area contributed by atoms with Crippen molar-refractivity contribution in [3.05, 3.63) is 46.3 Å². The van der Waals surface area contributed by atoms with Crippen molar-refractivity contribution < 1.29 is 24.0 Å². The molecular weight excluding hydrogens is 454 g/mol. The first-order valence-electron chi connectivity index (χ1n) is 9.16. The van der Waals surface area contributed by atoms with Gasteiger partial charge in [0.2, 0.25) is 11.2 Å². The van der Waals surface area contributed by atoms with E-state index in [0.29, 0.717) is 28.4 Å². The monoisotopic (exact) mass is 472 g/mol. The van der Waals surface area contributed by atoms with E-state index in [0.717, 1.165) is 12.0 Å². The molecule has 1 aliphatic heterocycles. The summed E-state index contributed by atoms with van der Waals surface area (Å²) in [6.45, 7) is 0.547. The SMILES string of the molecule is OP(O)COCC1CCC(n2ncc3c(OCc4cccc(Cl)c4)nc(Cl)nc32)O1. The molecule has 2 unspecified atom stereocenters. The quantitative estimate of drug-likeness (QED) is 0.377. The highest BCUT2D eigenvalue weighted by molar-refractivity contribution is 7.44. The van der Waals surface area contributed by atoms with Gasteiger partial charge in [-0.25, -0.2) is 4.68 Å². The minimum atomic E-state index is -2.07. The Kier molecular flexibility index (Phi) is 7.00. The van der Waals surface area contributed by atoms with Crippen LogP contribution in [0.25, 0.3) is 11.0 Å². The molecule has 3 heterocycles. The van der Waals surface area contributed by atoms with Crippen LogP contribution >= 0.6 is 31.6 Å². The first-order valence-corrected chi connectivity index (χ1v) is 11.3. The summed E-state index contributed by atoms with van der Waals surface area (Å²) in [7, 11) is -2.07. The van der Waals surface area contributed by atoms with Gasteiger partial charge < -0.3 is 24.0 Å². The summed E-state index contributed by atoms with van der Waals surface area (Å²) in [5.74, 6) is 0.327. The van der Waals surface area contributed by atoms with Crippen LogP contribution in [-0.2, 0) is 16.1 Å². The Morgan fingerprint density at radius 1 is 1.23 bits per heavy atom. The Bertz CT molecular complexity index is 1020. The predicted octanol–water partition coefficient (Wildman–Crippen LogP) is 3.66. The van der Waals surface area contributed by atoms with Crippen LogP contribution < -0.4 is 4.74 Å². The van der Waals surface area contributed by atoms with Gasteiger partial charge in [0.15, 0.2) is 20.3 Å². The summed E-state index contributed by atoms with van der Waals surface area (Å²) in [5, 5.41) is 5.69. The van der Waals surface area contributed by atoms with Gasteiger partial charge in [-0.1, -0.05) is 23.7 Å². The van der Waals surface area contributed by atoms with Crippen LogP contribution in [0.3, 0.4) is 0 Å². The maximum atomic E-state index is 8.92. The highest BCUT2D eigenvalue weighted by atomic mass is 35.5. The molecule has 4 rings (SSSR count). The number of benzene rings is 1. The van der Waals surface area contributed by atoms with Crippen LogP contribution in [-0.4, -0.2) is 48.6 Å². The standard InChI is InChI=1S/C18H19Cl2N4O5P/c19-12-3-1-2-11(6-12)8-28-17-14-7-21-24(16(14)22-18(20)23-17)15-5-4-13(29-15)9-27-10-30(25)26/h1-3,6-7,13,15,25-26H,4-5,8-10H2. The van der Waals surface area contributed by atoms with Crippen LogP contribution in [0.15, 0.2) is 30.5 Å². The number of halogens is 2. The zero-order valence-corrected chi connectivity index (χ0v) is 18.1. The van der Waals surface area contributed by atoms with Crippen molar-refractivity contribution in [3.8, 4) is 5.88 Å². The molecule has 0 spiro atoms. The van der Waals surface area contributed by atoms with Crippen LogP contribution in [0.1, 0.15) is 24.6 Å². The summed E-state index contributed by atoms with van der Waals surface area (Å²) in [5.41, 5.74) is 1.41. The van der Waals surface area contributed by atoms with E-state index in [1.165, 1.54) is 0 Å². The van der Waals surface area contributed by atoms with E-state index in [1.807, 2.05) is 18.2 Å². The van der Waals surface area contributed by atoms with Gasteiger partial charge in [-0.05, 0) is 42.1 Å². The lowest BCUT2D eigenvalue weighted by Crippen LogP contribution is -2.17. The van der Waals surface area contributed by atoms with Crippen LogP contribution in [0.2, 0.25) is 10.3 Å². The predicted molar refractivity (Wildman–Crippen MR) is 111 cm³/mol. The van der Waals surface area contributed by atoms with Gasteiger partial charge in [0.25, 0.3) is 0 Å². The third-order valence-corrected chi connectivity index (χ3v) is 5.34. The summed E-state index contributed by atoms with van der Waals surface area (Å²) in [6.07, 6.45) is 2.47. The fourth-order valence-corrected chi connectivity index (χ4v) is 3.87. The van der Waals surface area contributed by atoms with Gasteiger partial charge in [-0.2, -0.15) is 15.1 Å². The molecule has 0 amide bonds. The van der Waals surface area contributed by atoms with Crippen LogP contribution in [0.5, 0.6) is 5.88 Å². The molecule has 2 N–H and O–H groups in total. The molecular formula is C18H19Cl2N4O5P. The van der Waals surface area contributed by atoms with Crippen molar-refractivity contribution in [1.82, 2.24) is 19.7 Å². The second kappa shape index (κ2) is 9.70. The first-order chi connectivity index (χ1) is 14.5. The smallest absolute Gasteiger partial charge is 0.229 e. The van der Waals surface area contributed by atoms with Gasteiger partial charge >= 0.3 is 0 Å². The average Bonchev–Trinajstić information content (AvgIpc) is 3.32. The number of aromatic nitrogens is 4. The third kappa shape index (κ3) is 5.18. The van der Waals surface area contributed by atoms with Crippen molar-refractivity contribution in [3.63, 3.8) is 0 Å². The fourth-order valence-electron chi connectivity index (χ4n) is 3.23. The minimum Gasteiger partial charge on any atom is -0.472 e. The Labute approximate surface area is 183 Å². The molecule has 9 nitrogen and oxygen atoms in total. The van der Waals surface area contributed by atoms with Gasteiger partial charge in [0.1, 0.15) is 18.3 Å². The van der Waals surface area contributed by atoms with Crippen molar-refractivity contribution >= 4 is 42.6 Å². The van der Waals surface area contributed by atoms with E-state index in [-0.39, 0.29) is 37.2 Å². The molecule has 3 aromatic rings. The molecule has 0 bridgehead atoms. The van der Waals surface area contributed by atoms with Crippen molar-refractivity contribution in [2.24, 2.45) is 0 Å². The Balaban J connectivity index is 1.48. The zero-order valence-electron chi connectivity index (χ0n) is 15.7. The van der Waals surface area contributed by atoms with Crippen molar-refractivity contribution in [1.29, 1.82) is 0 Å². The third-order valence-electron chi connectivity index (χ3n) is 4.52. The Morgan fingerprint density at radius 2 is 2.10 bits per heavy atom. The molecule has 1 fully saturated rings. The molecule has 0 radical (unpaired) electrons. The number of hydrogen-bond acceptors (Lipinski definition) is 8. The molecule has 2 atom stereocenters. The van der Waals surface area contributed by atoms with Crippen LogP contribution in [0, 0.1) is 0 Å². The highest BCUT2D eigenvalue weighted by Gasteiger charge is 2.29. The lowest BCUT2D eigenvalue weighted by Gasteiger charge is -2.15. The van der Waals surface area contributed by atoms with E-state index in [9.17, 15) is 0 Å². The normalized spacial score (nSPS) is 19.1. The summed E-state index contributed by atoms with van der Waals surface area (Å²) in [6, 6.07) is 7.36. The zero-order chi connectivity index (χ0) is 21.1. The molecule has 160 valence electrons. The van der Waals surface area contributed by atoms with Crippen LogP contribution in [0.4, 0.5) is 0 Å². The number of hydrogen-bond donors (Lipinski definition) is 2. The highest BCUT2D eigenvalue weighted by Crippen LogP contribution is 2.33. The Morgan fingerprint density at radius 3 is 2.90 bits per heavy atom. The number of nitrogens with zero attached hydrogens (tertiary/aromatic N) is 4. The maximum Gasteiger partial charge on any atom is 0.229 e. The maximum absolute atomic E-state index is 8.92. The topological polar surface area (TPSA) is 112 Å². The minimum absolute atomic E-state index is 0.0440. The van der Waals surface area contributed by atoms with E-state index in [1.54, 1.807) is 16.9 Å². The summed E-state index contributed by atoms with van der Waals surface area (Å²) in [4.78, 5) is 26.3. The van der Waals surface area contributed by atoms with Crippen molar-refractivity contribution in [2.75, 3.05) is 13.0 Å². The molecule has 0 aliphatic carbocycles. The van der Waals surface area contributed by atoms with Gasteiger partial charge in [0, 0.05) is 5.02 Å². The lowest BCUT2D eigenvalue weighted by molar-refractivity contribution is -0.0384. The second-order valence-electron chi connectivity index (χ2n) is 6.71. The fraction of sp³-hybridized carbons (Fsp3) is 0.389. The summed E-state index contributed by atoms with van der Waals surface area (Å²) < 4.78 is 18.7. The Hall–Kier alpha value is -1.58. The van der Waals surface area contributed by atoms with E-state index < -0.39 is 8.38 Å². The van der Waals surface area contributed by atoms with Gasteiger partial charge in [-0.3, -0.25) is 0 Å². The lowest BCUT2D eigenvalue weighted by atomic mass is 10.2. The second-order valence-corrected chi connectivity index (χ2v) is 8.48. The molecule has 12 heteroatoms. The molecule has 0 saturated carbocycles. The molecule has 30 heavy (non-hydrogen) atoms. The molecule has 2 aromatic heterocycles. The van der Waals surface area contributed by atoms with E-state index >= 15 is 0 Å². The number of fused-ring (bicyclic) bond motifs is 1. The molecule has 1 aliphatic rings. The van der Waals surface area contributed by atoms with Crippen molar-refractivity contribution in [2.45, 2.75) is 31.8 Å². The van der Waals surface area contributed by atoms with Gasteiger partial charge in [0.05, 0.1) is 18.9 Å². The number of ether oxygens (including phenoxy) is 3. The largest absolute Gasteiger partial charge is 0.472 e. The van der Waals surface area contributed by atoms with E-state index in [2.05, 4.69) is 15.1 Å². The van der Waals surface area contributed by atoms with E-state index in [4.69, 9.17) is 47.2 Å². The molecule has 1 aromatic carbocycles. The average molecular weight is 473 g/mol. The summed E-state index contributed by atoms with van der Waals surface area (Å²) >= 11 is 12.1.